The number of nitrogens with zero attached hydrogens (tertiary/aromatic N) is 4. The van der Waals surface area contributed by atoms with Gasteiger partial charge in [-0.25, -0.2) is 9.97 Å². The van der Waals surface area contributed by atoms with Crippen LogP contribution in [0.15, 0.2) is 48.5 Å². The van der Waals surface area contributed by atoms with Crippen LogP contribution >= 0.6 is 0 Å². The number of nitrogens with one attached hydrogen (secondary N) is 2. The molecule has 2 heterocycles. The molecule has 178 valence electrons. The number of fused-ring (bicyclic) bond motifs is 1. The third-order valence-corrected chi connectivity index (χ3v) is 5.80. The lowest BCUT2D eigenvalue weighted by molar-refractivity contribution is -0.121. The minimum atomic E-state index is -0.155. The van der Waals surface area contributed by atoms with Crippen LogP contribution in [0, 0.1) is 0 Å². The lowest BCUT2D eigenvalue weighted by Crippen LogP contribution is -2.47. The molecule has 0 aliphatic carbocycles. The fourth-order valence-corrected chi connectivity index (χ4v) is 4.10. The highest BCUT2D eigenvalue weighted by atomic mass is 16.5. The van der Waals surface area contributed by atoms with E-state index in [0.29, 0.717) is 12.4 Å². The summed E-state index contributed by atoms with van der Waals surface area (Å²) in [4.78, 5) is 37.2. The van der Waals surface area contributed by atoms with Crippen LogP contribution in [-0.4, -0.2) is 61.6 Å². The number of carbonyl (C=O) groups excluding carboxylic acids is 2. The minimum Gasteiger partial charge on any atom is -0.495 e. The lowest BCUT2D eigenvalue weighted by Gasteiger charge is -2.37. The lowest BCUT2D eigenvalue weighted by atomic mass is 10.2. The van der Waals surface area contributed by atoms with E-state index >= 15 is 0 Å². The Bertz CT molecular complexity index is 1160. The Kier molecular flexibility index (Phi) is 7.41. The van der Waals surface area contributed by atoms with Gasteiger partial charge in [0.2, 0.25) is 11.8 Å². The average molecular weight is 463 g/mol. The van der Waals surface area contributed by atoms with Crippen molar-refractivity contribution in [2.24, 2.45) is 0 Å². The van der Waals surface area contributed by atoms with Crippen LogP contribution < -0.4 is 25.2 Å². The van der Waals surface area contributed by atoms with Crippen LogP contribution in [0.25, 0.3) is 10.9 Å². The molecule has 0 radical (unpaired) electrons. The third kappa shape index (κ3) is 5.54. The average Bonchev–Trinajstić information content (AvgIpc) is 2.87. The number of para-hydroxylation sites is 3. The van der Waals surface area contributed by atoms with Crippen LogP contribution in [0.4, 0.5) is 11.5 Å². The molecule has 9 heteroatoms. The number of anilines is 2. The summed E-state index contributed by atoms with van der Waals surface area (Å²) in [7, 11) is 1.70. The molecule has 1 aromatic heterocycles. The first-order chi connectivity index (χ1) is 16.5. The van der Waals surface area contributed by atoms with Crippen molar-refractivity contribution < 1.29 is 14.3 Å². The van der Waals surface area contributed by atoms with Gasteiger partial charge in [0.25, 0.3) is 0 Å². The normalized spacial score (nSPS) is 13.6. The van der Waals surface area contributed by atoms with Crippen molar-refractivity contribution >= 4 is 34.2 Å². The van der Waals surface area contributed by atoms with Gasteiger partial charge < -0.3 is 25.2 Å². The Morgan fingerprint density at radius 1 is 0.941 bits per heavy atom. The number of aromatic nitrogens is 2. The van der Waals surface area contributed by atoms with E-state index in [2.05, 4.69) is 31.5 Å². The highest BCUT2D eigenvalue weighted by Crippen LogP contribution is 2.30. The molecule has 1 saturated heterocycles. The van der Waals surface area contributed by atoms with Crippen molar-refractivity contribution in [1.29, 1.82) is 0 Å². The van der Waals surface area contributed by atoms with Crippen LogP contribution in [0.3, 0.4) is 0 Å². The van der Waals surface area contributed by atoms with Crippen LogP contribution in [0.5, 0.6) is 5.75 Å². The van der Waals surface area contributed by atoms with Gasteiger partial charge in [0.15, 0.2) is 5.82 Å². The van der Waals surface area contributed by atoms with E-state index in [1.165, 1.54) is 6.92 Å². The van der Waals surface area contributed by atoms with Crippen LogP contribution in [-0.2, 0) is 16.1 Å². The Labute approximate surface area is 199 Å². The van der Waals surface area contributed by atoms with Crippen LogP contribution in [0.2, 0.25) is 0 Å². The maximum absolute atomic E-state index is 12.1. The molecule has 4 rings (SSSR count). The Morgan fingerprint density at radius 3 is 2.41 bits per heavy atom. The highest BCUT2D eigenvalue weighted by molar-refractivity contribution is 5.89. The van der Waals surface area contributed by atoms with Gasteiger partial charge in [-0.1, -0.05) is 24.3 Å². The first kappa shape index (κ1) is 23.3. The molecule has 3 aromatic rings. The summed E-state index contributed by atoms with van der Waals surface area (Å²) in [5, 5.41) is 6.47. The van der Waals surface area contributed by atoms with Gasteiger partial charge in [-0.2, -0.15) is 0 Å². The number of amides is 2. The Hall–Kier alpha value is -3.88. The minimum absolute atomic E-state index is 0.152. The van der Waals surface area contributed by atoms with Gasteiger partial charge in [-0.15, -0.1) is 0 Å². The second-order valence-corrected chi connectivity index (χ2v) is 8.14. The summed E-state index contributed by atoms with van der Waals surface area (Å²) in [6.45, 7) is 5.27. The molecule has 9 nitrogen and oxygen atoms in total. The smallest absolute Gasteiger partial charge is 0.222 e. The second-order valence-electron chi connectivity index (χ2n) is 8.14. The summed E-state index contributed by atoms with van der Waals surface area (Å²) < 4.78 is 5.53. The molecule has 1 aliphatic rings. The third-order valence-electron chi connectivity index (χ3n) is 5.80. The maximum Gasteiger partial charge on any atom is 0.222 e. The standard InChI is InChI=1S/C25H30N6O3/c1-18(32)26-12-11-24(33)27-17-23-28-20-8-4-3-7-19(20)25(29-23)31-15-13-30(14-16-31)21-9-5-6-10-22(21)34-2/h3-10H,11-17H2,1-2H3,(H,26,32)(H,27,33). The van der Waals surface area contributed by atoms with E-state index in [-0.39, 0.29) is 24.8 Å². The van der Waals surface area contributed by atoms with Gasteiger partial charge in [-0.3, -0.25) is 9.59 Å². The van der Waals surface area contributed by atoms with E-state index in [1.54, 1.807) is 7.11 Å². The topological polar surface area (TPSA) is 99.7 Å². The zero-order chi connectivity index (χ0) is 23.9. The quantitative estimate of drug-likeness (QED) is 0.529. The molecule has 0 bridgehead atoms. The van der Waals surface area contributed by atoms with Gasteiger partial charge in [0.05, 0.1) is 24.9 Å². The molecule has 0 unspecified atom stereocenters. The van der Waals surface area contributed by atoms with Gasteiger partial charge in [0.1, 0.15) is 11.6 Å². The summed E-state index contributed by atoms with van der Waals surface area (Å²) in [6, 6.07) is 16.0. The van der Waals surface area contributed by atoms with Gasteiger partial charge in [0, 0.05) is 51.5 Å². The number of benzene rings is 2. The number of carbonyl (C=O) groups is 2. The Morgan fingerprint density at radius 2 is 1.65 bits per heavy atom. The summed E-state index contributed by atoms with van der Waals surface area (Å²) in [5.41, 5.74) is 1.95. The van der Waals surface area contributed by atoms with Crippen LogP contribution in [0.1, 0.15) is 19.2 Å². The van der Waals surface area contributed by atoms with E-state index < -0.39 is 0 Å². The van der Waals surface area contributed by atoms with E-state index in [9.17, 15) is 9.59 Å². The van der Waals surface area contributed by atoms with Crippen molar-refractivity contribution in [3.8, 4) is 5.75 Å². The van der Waals surface area contributed by atoms with Gasteiger partial charge >= 0.3 is 0 Å². The van der Waals surface area contributed by atoms with E-state index in [0.717, 1.165) is 54.3 Å². The predicted octanol–water partition coefficient (Wildman–Crippen LogP) is 2.11. The predicted molar refractivity (Wildman–Crippen MR) is 132 cm³/mol. The monoisotopic (exact) mass is 462 g/mol. The molecule has 34 heavy (non-hydrogen) atoms. The largest absolute Gasteiger partial charge is 0.495 e. The molecule has 2 N–H and O–H groups in total. The molecular formula is C25H30N6O3. The van der Waals surface area contributed by atoms with Crippen molar-refractivity contribution in [3.05, 3.63) is 54.4 Å². The number of rotatable bonds is 8. The fraction of sp³-hybridized carbons (Fsp3) is 0.360. The molecule has 2 aromatic carbocycles. The first-order valence-corrected chi connectivity index (χ1v) is 11.4. The highest BCUT2D eigenvalue weighted by Gasteiger charge is 2.22. The van der Waals surface area contributed by atoms with Crippen molar-refractivity contribution in [2.75, 3.05) is 49.6 Å². The van der Waals surface area contributed by atoms with Crippen molar-refractivity contribution in [3.63, 3.8) is 0 Å². The number of piperazine rings is 1. The number of hydrogen-bond donors (Lipinski definition) is 2. The van der Waals surface area contributed by atoms with Crippen molar-refractivity contribution in [2.45, 2.75) is 19.9 Å². The zero-order valence-corrected chi connectivity index (χ0v) is 19.6. The summed E-state index contributed by atoms with van der Waals surface area (Å²) in [6.07, 6.45) is 0.213. The molecule has 1 aliphatic heterocycles. The van der Waals surface area contributed by atoms with E-state index in [4.69, 9.17) is 9.72 Å². The van der Waals surface area contributed by atoms with Gasteiger partial charge in [-0.05, 0) is 24.3 Å². The number of ether oxygens (including phenoxy) is 1. The molecule has 0 spiro atoms. The number of hydrogen-bond acceptors (Lipinski definition) is 7. The summed E-state index contributed by atoms with van der Waals surface area (Å²) >= 11 is 0. The maximum atomic E-state index is 12.1. The Balaban J connectivity index is 1.47. The number of methoxy groups -OCH3 is 1. The molecule has 2 amide bonds. The summed E-state index contributed by atoms with van der Waals surface area (Å²) in [5.74, 6) is 2.01. The van der Waals surface area contributed by atoms with Crippen molar-refractivity contribution in [1.82, 2.24) is 20.6 Å². The fourth-order valence-electron chi connectivity index (χ4n) is 4.10. The second kappa shape index (κ2) is 10.8. The van der Waals surface area contributed by atoms with E-state index in [1.807, 2.05) is 42.5 Å². The molecule has 0 atom stereocenters. The molecule has 0 saturated carbocycles. The molecular weight excluding hydrogens is 432 g/mol. The first-order valence-electron chi connectivity index (χ1n) is 11.4. The zero-order valence-electron chi connectivity index (χ0n) is 19.6. The molecule has 1 fully saturated rings. The SMILES string of the molecule is COc1ccccc1N1CCN(c2nc(CNC(=O)CCNC(C)=O)nc3ccccc23)CC1.